The zero-order valence-electron chi connectivity index (χ0n) is 12.0. The third-order valence-corrected chi connectivity index (χ3v) is 2.90. The van der Waals surface area contributed by atoms with E-state index in [0.717, 1.165) is 5.76 Å². The lowest BCUT2D eigenvalue weighted by molar-refractivity contribution is 0.201. The van der Waals surface area contributed by atoms with Crippen molar-refractivity contribution in [2.45, 2.75) is 26.4 Å². The largest absolute Gasteiger partial charge is 0.361 e. The van der Waals surface area contributed by atoms with Crippen LogP contribution in [-0.4, -0.2) is 37.9 Å². The van der Waals surface area contributed by atoms with Gasteiger partial charge in [-0.2, -0.15) is 0 Å². The average Bonchev–Trinajstić information content (AvgIpc) is 2.98. The summed E-state index contributed by atoms with van der Waals surface area (Å²) in [6.07, 6.45) is 1.60. The first-order valence-electron chi connectivity index (χ1n) is 6.25. The standard InChI is InChI=1S/C12H18N6O2/c1-8-5-10(16-20-8)6-17(3)12(19)14-9(2)11-15-13-7-18(11)4/h5,7,9H,6H2,1-4H3,(H,14,19)/t9-/m1/s1. The highest BCUT2D eigenvalue weighted by atomic mass is 16.5. The summed E-state index contributed by atoms with van der Waals surface area (Å²) in [5.41, 5.74) is 0.714. The van der Waals surface area contributed by atoms with E-state index < -0.39 is 0 Å². The van der Waals surface area contributed by atoms with E-state index in [1.165, 1.54) is 4.90 Å². The molecule has 2 heterocycles. The molecule has 2 aromatic rings. The molecule has 108 valence electrons. The van der Waals surface area contributed by atoms with Crippen LogP contribution < -0.4 is 5.32 Å². The molecule has 0 aromatic carbocycles. The van der Waals surface area contributed by atoms with Gasteiger partial charge in [0.2, 0.25) is 0 Å². The molecule has 8 nitrogen and oxygen atoms in total. The average molecular weight is 278 g/mol. The quantitative estimate of drug-likeness (QED) is 0.901. The van der Waals surface area contributed by atoms with Gasteiger partial charge in [0, 0.05) is 20.2 Å². The van der Waals surface area contributed by atoms with Crippen molar-refractivity contribution in [1.29, 1.82) is 0 Å². The summed E-state index contributed by atoms with van der Waals surface area (Å²) < 4.78 is 6.74. The number of carbonyl (C=O) groups excluding carboxylic acids is 1. The Hall–Kier alpha value is -2.38. The molecular weight excluding hydrogens is 260 g/mol. The Labute approximate surface area is 116 Å². The van der Waals surface area contributed by atoms with Crippen LogP contribution in [0.1, 0.15) is 30.2 Å². The predicted octanol–water partition coefficient (Wildman–Crippen LogP) is 1.01. The van der Waals surface area contributed by atoms with Crippen molar-refractivity contribution in [2.24, 2.45) is 7.05 Å². The van der Waals surface area contributed by atoms with E-state index in [9.17, 15) is 4.79 Å². The summed E-state index contributed by atoms with van der Waals surface area (Å²) in [4.78, 5) is 13.6. The number of carbonyl (C=O) groups is 1. The molecule has 0 bridgehead atoms. The van der Waals surface area contributed by atoms with Gasteiger partial charge in [0.15, 0.2) is 5.82 Å². The molecule has 0 spiro atoms. The Kier molecular flexibility index (Phi) is 4.02. The minimum atomic E-state index is -0.225. The lowest BCUT2D eigenvalue weighted by Gasteiger charge is -2.19. The maximum atomic E-state index is 12.1. The summed E-state index contributed by atoms with van der Waals surface area (Å²) >= 11 is 0. The summed E-state index contributed by atoms with van der Waals surface area (Å²) in [5, 5.41) is 14.5. The zero-order valence-corrected chi connectivity index (χ0v) is 12.0. The number of urea groups is 1. The lowest BCUT2D eigenvalue weighted by Crippen LogP contribution is -2.38. The van der Waals surface area contributed by atoms with Gasteiger partial charge in [0.25, 0.3) is 0 Å². The first-order chi connectivity index (χ1) is 9.47. The highest BCUT2D eigenvalue weighted by Crippen LogP contribution is 2.09. The first kappa shape index (κ1) is 14.0. The van der Waals surface area contributed by atoms with Crippen LogP contribution >= 0.6 is 0 Å². The minimum Gasteiger partial charge on any atom is -0.361 e. The van der Waals surface area contributed by atoms with Gasteiger partial charge in [-0.25, -0.2) is 4.79 Å². The molecule has 0 aliphatic heterocycles. The van der Waals surface area contributed by atoms with E-state index in [2.05, 4.69) is 20.7 Å². The van der Waals surface area contributed by atoms with E-state index in [1.807, 2.05) is 20.9 Å². The number of nitrogens with one attached hydrogen (secondary N) is 1. The molecule has 0 aliphatic rings. The normalized spacial score (nSPS) is 12.2. The number of aromatic nitrogens is 4. The lowest BCUT2D eigenvalue weighted by atomic mass is 10.3. The monoisotopic (exact) mass is 278 g/mol. The summed E-state index contributed by atoms with van der Waals surface area (Å²) in [6.45, 7) is 4.05. The van der Waals surface area contributed by atoms with Gasteiger partial charge >= 0.3 is 6.03 Å². The highest BCUT2D eigenvalue weighted by molar-refractivity contribution is 5.74. The number of rotatable bonds is 4. The van der Waals surface area contributed by atoms with Crippen LogP contribution in [0, 0.1) is 6.92 Å². The van der Waals surface area contributed by atoms with Crippen LogP contribution in [0.15, 0.2) is 16.9 Å². The molecular formula is C12H18N6O2. The van der Waals surface area contributed by atoms with Gasteiger partial charge in [-0.05, 0) is 13.8 Å². The summed E-state index contributed by atoms with van der Waals surface area (Å²) in [5.74, 6) is 1.42. The molecule has 2 amide bonds. The SMILES string of the molecule is Cc1cc(CN(C)C(=O)N[C@H](C)c2nncn2C)no1. The Morgan fingerprint density at radius 1 is 1.60 bits per heavy atom. The smallest absolute Gasteiger partial charge is 0.318 e. The van der Waals surface area contributed by atoms with Gasteiger partial charge in [-0.3, -0.25) is 0 Å². The van der Waals surface area contributed by atoms with Crippen LogP contribution in [-0.2, 0) is 13.6 Å². The molecule has 2 aromatic heterocycles. The second-order valence-electron chi connectivity index (χ2n) is 4.76. The minimum absolute atomic E-state index is 0.207. The zero-order chi connectivity index (χ0) is 14.7. The van der Waals surface area contributed by atoms with E-state index >= 15 is 0 Å². The third-order valence-electron chi connectivity index (χ3n) is 2.90. The Morgan fingerprint density at radius 2 is 2.35 bits per heavy atom. The molecule has 0 unspecified atom stereocenters. The Balaban J connectivity index is 1.92. The van der Waals surface area contributed by atoms with Crippen molar-refractivity contribution in [3.63, 3.8) is 0 Å². The second-order valence-corrected chi connectivity index (χ2v) is 4.76. The van der Waals surface area contributed by atoms with E-state index in [-0.39, 0.29) is 12.1 Å². The maximum absolute atomic E-state index is 12.1. The second kappa shape index (κ2) is 5.72. The van der Waals surface area contributed by atoms with E-state index in [4.69, 9.17) is 4.52 Å². The molecule has 20 heavy (non-hydrogen) atoms. The van der Waals surface area contributed by atoms with Gasteiger partial charge in [-0.1, -0.05) is 5.16 Å². The Morgan fingerprint density at radius 3 is 2.90 bits per heavy atom. The number of hydrogen-bond donors (Lipinski definition) is 1. The van der Waals surface area contributed by atoms with Crippen LogP contribution in [0.25, 0.3) is 0 Å². The van der Waals surface area contributed by atoms with Gasteiger partial charge < -0.3 is 19.3 Å². The fraction of sp³-hybridized carbons (Fsp3) is 0.500. The van der Waals surface area contributed by atoms with Crippen molar-refractivity contribution >= 4 is 6.03 Å². The fourth-order valence-corrected chi connectivity index (χ4v) is 1.85. The van der Waals surface area contributed by atoms with Crippen LogP contribution in [0.5, 0.6) is 0 Å². The molecule has 1 N–H and O–H groups in total. The van der Waals surface area contributed by atoms with Crippen molar-refractivity contribution in [2.75, 3.05) is 7.05 Å². The van der Waals surface area contributed by atoms with Gasteiger partial charge in [0.05, 0.1) is 12.6 Å². The highest BCUT2D eigenvalue weighted by Gasteiger charge is 2.17. The van der Waals surface area contributed by atoms with Gasteiger partial charge in [-0.15, -0.1) is 10.2 Å². The molecule has 0 aliphatic carbocycles. The number of nitrogens with zero attached hydrogens (tertiary/aromatic N) is 5. The molecule has 0 saturated carbocycles. The van der Waals surface area contributed by atoms with Crippen molar-refractivity contribution < 1.29 is 9.32 Å². The molecule has 2 rings (SSSR count). The maximum Gasteiger partial charge on any atom is 0.318 e. The fourth-order valence-electron chi connectivity index (χ4n) is 1.85. The Bertz CT molecular complexity index is 590. The summed E-state index contributed by atoms with van der Waals surface area (Å²) in [7, 11) is 3.53. The predicted molar refractivity (Wildman–Crippen MR) is 70.7 cm³/mol. The van der Waals surface area contributed by atoms with E-state index in [0.29, 0.717) is 18.1 Å². The van der Waals surface area contributed by atoms with Crippen molar-refractivity contribution in [1.82, 2.24) is 30.1 Å². The molecule has 8 heteroatoms. The van der Waals surface area contributed by atoms with Crippen molar-refractivity contribution in [3.05, 3.63) is 29.7 Å². The van der Waals surface area contributed by atoms with Crippen LogP contribution in [0.3, 0.4) is 0 Å². The number of hydrogen-bond acceptors (Lipinski definition) is 5. The van der Waals surface area contributed by atoms with Crippen molar-refractivity contribution in [3.8, 4) is 0 Å². The molecule has 0 saturated heterocycles. The van der Waals surface area contributed by atoms with E-state index in [1.54, 1.807) is 24.0 Å². The van der Waals surface area contributed by atoms with Crippen LogP contribution in [0.4, 0.5) is 4.79 Å². The molecule has 0 fully saturated rings. The molecule has 0 radical (unpaired) electrons. The summed E-state index contributed by atoms with van der Waals surface area (Å²) in [6, 6.07) is 1.37. The van der Waals surface area contributed by atoms with Crippen LogP contribution in [0.2, 0.25) is 0 Å². The topological polar surface area (TPSA) is 89.1 Å². The number of aryl methyl sites for hydroxylation is 2. The first-order valence-corrected chi connectivity index (χ1v) is 6.25. The van der Waals surface area contributed by atoms with Gasteiger partial charge in [0.1, 0.15) is 17.8 Å². The third kappa shape index (κ3) is 3.14. The molecule has 1 atom stereocenters. The number of amides is 2.